The van der Waals surface area contributed by atoms with Crippen LogP contribution in [0.5, 0.6) is 0 Å². The molecule has 2 atom stereocenters. The SMILES string of the molecule is CCCCCCCCCC(CC)C(S)(CC)C(=O)O.[Zn]. The average molecular weight is 354 g/mol. The summed E-state index contributed by atoms with van der Waals surface area (Å²) in [5.41, 5.74) is 0. The molecule has 0 radical (unpaired) electrons. The minimum absolute atomic E-state index is 0. The van der Waals surface area contributed by atoms with Crippen molar-refractivity contribution in [3.05, 3.63) is 0 Å². The number of unbranched alkanes of at least 4 members (excludes halogenated alkanes) is 6. The van der Waals surface area contributed by atoms with Gasteiger partial charge in [0.15, 0.2) is 0 Å². The van der Waals surface area contributed by atoms with Gasteiger partial charge in [0.25, 0.3) is 0 Å². The largest absolute Gasteiger partial charge is 0.480 e. The smallest absolute Gasteiger partial charge is 0.319 e. The first-order valence-corrected chi connectivity index (χ1v) is 8.43. The van der Waals surface area contributed by atoms with Crippen LogP contribution >= 0.6 is 12.6 Å². The Bertz CT molecular complexity index is 249. The molecule has 0 heterocycles. The van der Waals surface area contributed by atoms with Crippen molar-refractivity contribution in [2.75, 3.05) is 0 Å². The summed E-state index contributed by atoms with van der Waals surface area (Å²) in [6, 6.07) is 0. The molecule has 0 aromatic rings. The van der Waals surface area contributed by atoms with Gasteiger partial charge in [-0.05, 0) is 18.8 Å². The third-order valence-electron chi connectivity index (χ3n) is 4.23. The predicted octanol–water partition coefficient (Wildman–Crippen LogP) is 5.31. The van der Waals surface area contributed by atoms with Crippen LogP contribution in [0.1, 0.15) is 85.0 Å². The van der Waals surface area contributed by atoms with Crippen LogP contribution in [0.2, 0.25) is 0 Å². The van der Waals surface area contributed by atoms with Crippen molar-refractivity contribution in [1.29, 1.82) is 0 Å². The van der Waals surface area contributed by atoms with Crippen LogP contribution in [0, 0.1) is 5.92 Å². The molecule has 2 unspecified atom stereocenters. The minimum Gasteiger partial charge on any atom is -0.480 e. The van der Waals surface area contributed by atoms with E-state index in [1.165, 1.54) is 38.5 Å². The van der Waals surface area contributed by atoms with Crippen LogP contribution < -0.4 is 0 Å². The van der Waals surface area contributed by atoms with Crippen molar-refractivity contribution in [2.45, 2.75) is 89.7 Å². The van der Waals surface area contributed by atoms with Crippen molar-refractivity contribution in [3.8, 4) is 0 Å². The Morgan fingerprint density at radius 1 is 1.05 bits per heavy atom. The van der Waals surface area contributed by atoms with Crippen molar-refractivity contribution < 1.29 is 29.4 Å². The number of carbonyl (C=O) groups is 1. The van der Waals surface area contributed by atoms with Crippen LogP contribution in [0.3, 0.4) is 0 Å². The van der Waals surface area contributed by atoms with Crippen LogP contribution in [-0.2, 0) is 24.3 Å². The van der Waals surface area contributed by atoms with Crippen LogP contribution in [0.25, 0.3) is 0 Å². The number of hydrogen-bond acceptors (Lipinski definition) is 2. The van der Waals surface area contributed by atoms with E-state index in [1.54, 1.807) is 0 Å². The molecule has 116 valence electrons. The van der Waals surface area contributed by atoms with E-state index in [-0.39, 0.29) is 25.4 Å². The number of aliphatic carboxylic acids is 1. The molecule has 0 aliphatic rings. The molecule has 2 nitrogen and oxygen atoms in total. The normalized spacial score (nSPS) is 15.2. The van der Waals surface area contributed by atoms with E-state index in [0.717, 1.165) is 19.3 Å². The maximum Gasteiger partial charge on any atom is 0.319 e. The van der Waals surface area contributed by atoms with Crippen molar-refractivity contribution in [1.82, 2.24) is 0 Å². The van der Waals surface area contributed by atoms with E-state index in [0.29, 0.717) is 6.42 Å². The fourth-order valence-electron chi connectivity index (χ4n) is 2.74. The van der Waals surface area contributed by atoms with E-state index >= 15 is 0 Å². The summed E-state index contributed by atoms with van der Waals surface area (Å²) >= 11 is 4.46. The van der Waals surface area contributed by atoms with Gasteiger partial charge in [-0.25, -0.2) is 0 Å². The Hall–Kier alpha value is 0.443. The van der Waals surface area contributed by atoms with Crippen molar-refractivity contribution >= 4 is 18.6 Å². The number of carboxylic acid groups (broad SMARTS) is 1. The zero-order valence-corrected chi connectivity index (χ0v) is 17.5. The maximum absolute atomic E-state index is 11.4. The summed E-state index contributed by atoms with van der Waals surface area (Å²) in [5, 5.41) is 9.36. The Morgan fingerprint density at radius 3 is 1.95 bits per heavy atom. The van der Waals surface area contributed by atoms with Gasteiger partial charge in [0.1, 0.15) is 4.75 Å². The first-order valence-electron chi connectivity index (χ1n) is 7.98. The second kappa shape index (κ2) is 13.1. The summed E-state index contributed by atoms with van der Waals surface area (Å²) in [5.74, 6) is -0.567. The molecule has 0 saturated heterocycles. The molecule has 0 fully saturated rings. The van der Waals surface area contributed by atoms with Crippen molar-refractivity contribution in [2.24, 2.45) is 5.92 Å². The fourth-order valence-corrected chi connectivity index (χ4v) is 3.05. The van der Waals surface area contributed by atoms with E-state index in [9.17, 15) is 9.90 Å². The summed E-state index contributed by atoms with van der Waals surface area (Å²) in [6.45, 7) is 6.23. The number of hydrogen-bond donors (Lipinski definition) is 2. The van der Waals surface area contributed by atoms with Gasteiger partial charge in [0.2, 0.25) is 0 Å². The average Bonchev–Trinajstić information content (AvgIpc) is 2.41. The quantitative estimate of drug-likeness (QED) is 0.283. The van der Waals surface area contributed by atoms with Crippen LogP contribution in [-0.4, -0.2) is 15.8 Å². The molecular weight excluding hydrogens is 322 g/mol. The second-order valence-electron chi connectivity index (χ2n) is 5.60. The molecule has 0 aliphatic heterocycles. The molecule has 0 spiro atoms. The zero-order valence-electron chi connectivity index (χ0n) is 13.7. The molecule has 1 N–H and O–H groups in total. The molecular formula is C16H32O2SZn. The van der Waals surface area contributed by atoms with Gasteiger partial charge in [-0.1, -0.05) is 72.1 Å². The standard InChI is InChI=1S/C16H32O2S.Zn/c1-4-7-8-9-10-11-12-13-14(5-2)16(19,6-3)15(17)18;/h14,19H,4-13H2,1-3H3,(H,17,18);. The Kier molecular flexibility index (Phi) is 14.9. The van der Waals surface area contributed by atoms with Gasteiger partial charge < -0.3 is 5.11 Å². The third-order valence-corrected chi connectivity index (χ3v) is 5.11. The summed E-state index contributed by atoms with van der Waals surface area (Å²) in [7, 11) is 0. The first kappa shape index (κ1) is 22.7. The first-order chi connectivity index (χ1) is 9.02. The van der Waals surface area contributed by atoms with Gasteiger partial charge in [-0.2, -0.15) is 12.6 Å². The monoisotopic (exact) mass is 352 g/mol. The van der Waals surface area contributed by atoms with Gasteiger partial charge in [-0.3, -0.25) is 4.79 Å². The minimum atomic E-state index is -0.836. The van der Waals surface area contributed by atoms with Crippen LogP contribution in [0.4, 0.5) is 0 Å². The predicted molar refractivity (Wildman–Crippen MR) is 86.0 cm³/mol. The molecule has 20 heavy (non-hydrogen) atoms. The molecule has 0 aliphatic carbocycles. The van der Waals surface area contributed by atoms with Gasteiger partial charge in [-0.15, -0.1) is 0 Å². The van der Waals surface area contributed by atoms with Crippen molar-refractivity contribution in [3.63, 3.8) is 0 Å². The fraction of sp³-hybridized carbons (Fsp3) is 0.938. The molecule has 0 bridgehead atoms. The molecule has 0 aromatic heterocycles. The van der Waals surface area contributed by atoms with Gasteiger partial charge >= 0.3 is 5.97 Å². The molecule has 0 saturated carbocycles. The topological polar surface area (TPSA) is 37.3 Å². The molecule has 0 amide bonds. The summed E-state index contributed by atoms with van der Waals surface area (Å²) in [6.07, 6.45) is 11.4. The Morgan fingerprint density at radius 2 is 1.55 bits per heavy atom. The molecule has 0 rings (SSSR count). The second-order valence-corrected chi connectivity index (χ2v) is 6.40. The summed E-state index contributed by atoms with van der Waals surface area (Å²) in [4.78, 5) is 11.4. The number of rotatable bonds is 12. The Balaban J connectivity index is 0. The van der Waals surface area contributed by atoms with E-state index < -0.39 is 10.7 Å². The summed E-state index contributed by atoms with van der Waals surface area (Å²) < 4.78 is -0.836. The third kappa shape index (κ3) is 8.03. The molecule has 4 heteroatoms. The number of carboxylic acids is 1. The zero-order chi connectivity index (χ0) is 14.7. The van der Waals surface area contributed by atoms with Crippen LogP contribution in [0.15, 0.2) is 0 Å². The van der Waals surface area contributed by atoms with E-state index in [1.807, 2.05) is 6.92 Å². The van der Waals surface area contributed by atoms with E-state index in [4.69, 9.17) is 0 Å². The van der Waals surface area contributed by atoms with E-state index in [2.05, 4.69) is 26.5 Å². The number of thiol groups is 1. The maximum atomic E-state index is 11.4. The Labute approximate surface area is 143 Å². The van der Waals surface area contributed by atoms with Gasteiger partial charge in [0, 0.05) is 19.5 Å². The van der Waals surface area contributed by atoms with Gasteiger partial charge in [0.05, 0.1) is 0 Å². The molecule has 0 aromatic carbocycles.